The molecule has 1 nitrogen and oxygen atoms in total. The van der Waals surface area contributed by atoms with Gasteiger partial charge in [-0.05, 0) is 35.9 Å². The molecule has 106 valence electrons. The molecule has 0 saturated heterocycles. The molecule has 0 fully saturated rings. The highest BCUT2D eigenvalue weighted by molar-refractivity contribution is 9.10. The van der Waals surface area contributed by atoms with Gasteiger partial charge in [-0.25, -0.2) is 4.39 Å². The zero-order valence-electron chi connectivity index (χ0n) is 10.1. The van der Waals surface area contributed by atoms with Gasteiger partial charge in [0.05, 0.1) is 11.3 Å². The summed E-state index contributed by atoms with van der Waals surface area (Å²) in [6.45, 7) is 0.242. The van der Waals surface area contributed by atoms with Crippen molar-refractivity contribution in [3.63, 3.8) is 0 Å². The minimum Gasteiger partial charge on any atom is -0.379 e. The summed E-state index contributed by atoms with van der Waals surface area (Å²) in [5.41, 5.74) is -0.204. The van der Waals surface area contributed by atoms with Gasteiger partial charge in [0.25, 0.3) is 0 Å². The predicted octanol–water partition coefficient (Wildman–Crippen LogP) is 5.22. The van der Waals surface area contributed by atoms with E-state index in [0.29, 0.717) is 0 Å². The second-order valence-electron chi connectivity index (χ2n) is 4.17. The van der Waals surface area contributed by atoms with E-state index in [4.69, 9.17) is 0 Å². The summed E-state index contributed by atoms with van der Waals surface area (Å²) in [7, 11) is 0. The molecule has 0 aliphatic carbocycles. The van der Waals surface area contributed by atoms with Gasteiger partial charge >= 0.3 is 6.18 Å². The highest BCUT2D eigenvalue weighted by Crippen LogP contribution is 2.31. The molecule has 0 bridgehead atoms. The Labute approximate surface area is 121 Å². The van der Waals surface area contributed by atoms with Crippen molar-refractivity contribution in [3.8, 4) is 0 Å². The lowest BCUT2D eigenvalue weighted by Crippen LogP contribution is -2.08. The van der Waals surface area contributed by atoms with Gasteiger partial charge in [0.2, 0.25) is 0 Å². The Kier molecular flexibility index (Phi) is 4.32. The van der Waals surface area contributed by atoms with E-state index in [9.17, 15) is 17.6 Å². The van der Waals surface area contributed by atoms with Crippen LogP contribution in [0.25, 0.3) is 0 Å². The van der Waals surface area contributed by atoms with Crippen molar-refractivity contribution in [1.29, 1.82) is 0 Å². The van der Waals surface area contributed by atoms with Crippen LogP contribution < -0.4 is 5.32 Å². The maximum atomic E-state index is 13.5. The first-order valence-corrected chi connectivity index (χ1v) is 6.50. The Balaban J connectivity index is 2.14. The topological polar surface area (TPSA) is 12.0 Å². The second kappa shape index (κ2) is 5.83. The van der Waals surface area contributed by atoms with E-state index < -0.39 is 17.6 Å². The standard InChI is InChI=1S/C14H10BrF4N/c15-11-4-1-9(2-5-11)8-20-13-7-10(14(17,18)19)3-6-12(13)16/h1-7,20H,8H2. The Morgan fingerprint density at radius 2 is 1.65 bits per heavy atom. The summed E-state index contributed by atoms with van der Waals surface area (Å²) in [4.78, 5) is 0. The molecule has 2 aromatic carbocycles. The SMILES string of the molecule is Fc1ccc(C(F)(F)F)cc1NCc1ccc(Br)cc1. The summed E-state index contributed by atoms with van der Waals surface area (Å²) >= 11 is 3.28. The highest BCUT2D eigenvalue weighted by atomic mass is 79.9. The maximum absolute atomic E-state index is 13.5. The molecule has 2 rings (SSSR count). The average molecular weight is 348 g/mol. The molecule has 0 spiro atoms. The smallest absolute Gasteiger partial charge is 0.379 e. The molecule has 0 amide bonds. The number of nitrogens with one attached hydrogen (secondary N) is 1. The third-order valence-corrected chi connectivity index (χ3v) is 3.22. The first-order chi connectivity index (χ1) is 9.36. The Morgan fingerprint density at radius 1 is 1.00 bits per heavy atom. The van der Waals surface area contributed by atoms with Gasteiger partial charge in [0.1, 0.15) is 5.82 Å². The number of hydrogen-bond donors (Lipinski definition) is 1. The van der Waals surface area contributed by atoms with Gasteiger partial charge < -0.3 is 5.32 Å². The fraction of sp³-hybridized carbons (Fsp3) is 0.143. The Morgan fingerprint density at radius 3 is 2.25 bits per heavy atom. The molecule has 0 heterocycles. The molecule has 6 heteroatoms. The first-order valence-electron chi connectivity index (χ1n) is 5.71. The largest absolute Gasteiger partial charge is 0.416 e. The fourth-order valence-electron chi connectivity index (χ4n) is 1.64. The molecule has 20 heavy (non-hydrogen) atoms. The van der Waals surface area contributed by atoms with Crippen LogP contribution in [0.15, 0.2) is 46.9 Å². The van der Waals surface area contributed by atoms with Crippen molar-refractivity contribution in [2.24, 2.45) is 0 Å². The molecular weight excluding hydrogens is 338 g/mol. The van der Waals surface area contributed by atoms with Crippen LogP contribution in [0, 0.1) is 5.82 Å². The number of halogens is 5. The van der Waals surface area contributed by atoms with Crippen LogP contribution in [0.5, 0.6) is 0 Å². The number of anilines is 1. The van der Waals surface area contributed by atoms with Crippen molar-refractivity contribution in [2.75, 3.05) is 5.32 Å². The molecule has 1 N–H and O–H groups in total. The molecule has 0 aromatic heterocycles. The van der Waals surface area contributed by atoms with Crippen molar-refractivity contribution in [2.45, 2.75) is 12.7 Å². The average Bonchev–Trinajstić information content (AvgIpc) is 2.38. The van der Waals surface area contributed by atoms with E-state index in [1.54, 1.807) is 24.3 Å². The second-order valence-corrected chi connectivity index (χ2v) is 5.09. The lowest BCUT2D eigenvalue weighted by atomic mass is 10.1. The highest BCUT2D eigenvalue weighted by Gasteiger charge is 2.31. The minimum absolute atomic E-state index is 0.164. The van der Waals surface area contributed by atoms with Crippen molar-refractivity contribution >= 4 is 21.6 Å². The third-order valence-electron chi connectivity index (χ3n) is 2.69. The van der Waals surface area contributed by atoms with Crippen molar-refractivity contribution < 1.29 is 17.6 Å². The van der Waals surface area contributed by atoms with Gasteiger partial charge in [0.15, 0.2) is 0 Å². The Bertz CT molecular complexity index is 593. The maximum Gasteiger partial charge on any atom is 0.416 e. The van der Waals surface area contributed by atoms with Crippen molar-refractivity contribution in [3.05, 3.63) is 63.9 Å². The summed E-state index contributed by atoms with van der Waals surface area (Å²) in [5, 5.41) is 2.67. The van der Waals surface area contributed by atoms with Crippen LogP contribution in [0.4, 0.5) is 23.2 Å². The van der Waals surface area contributed by atoms with E-state index in [2.05, 4.69) is 21.2 Å². The van der Waals surface area contributed by atoms with Crippen LogP contribution in [0.2, 0.25) is 0 Å². The van der Waals surface area contributed by atoms with Crippen molar-refractivity contribution in [1.82, 2.24) is 0 Å². The van der Waals surface area contributed by atoms with Gasteiger partial charge in [-0.15, -0.1) is 0 Å². The zero-order chi connectivity index (χ0) is 14.8. The number of alkyl halides is 3. The fourth-order valence-corrected chi connectivity index (χ4v) is 1.90. The zero-order valence-corrected chi connectivity index (χ0v) is 11.7. The number of rotatable bonds is 3. The van der Waals surface area contributed by atoms with E-state index >= 15 is 0 Å². The molecule has 0 aliphatic rings. The number of hydrogen-bond acceptors (Lipinski definition) is 1. The number of benzene rings is 2. The van der Waals surface area contributed by atoms with Crippen LogP contribution in [0.3, 0.4) is 0 Å². The lowest BCUT2D eigenvalue weighted by Gasteiger charge is -2.11. The minimum atomic E-state index is -4.48. The van der Waals surface area contributed by atoms with Gasteiger partial charge in [-0.1, -0.05) is 28.1 Å². The molecular formula is C14H10BrF4N. The van der Waals surface area contributed by atoms with Crippen LogP contribution >= 0.6 is 15.9 Å². The van der Waals surface area contributed by atoms with Gasteiger partial charge in [0, 0.05) is 11.0 Å². The molecule has 2 aromatic rings. The van der Waals surface area contributed by atoms with Gasteiger partial charge in [-0.2, -0.15) is 13.2 Å². The van der Waals surface area contributed by atoms with Crippen LogP contribution in [0.1, 0.15) is 11.1 Å². The van der Waals surface area contributed by atoms with E-state index in [1.165, 1.54) is 0 Å². The third kappa shape index (κ3) is 3.72. The molecule has 0 unspecified atom stereocenters. The molecule has 0 atom stereocenters. The van der Waals surface area contributed by atoms with Gasteiger partial charge in [-0.3, -0.25) is 0 Å². The summed E-state index contributed by atoms with van der Waals surface area (Å²) in [5.74, 6) is -0.713. The summed E-state index contributed by atoms with van der Waals surface area (Å²) in [6, 6.07) is 9.51. The first kappa shape index (κ1) is 14.8. The summed E-state index contributed by atoms with van der Waals surface area (Å²) in [6.07, 6.45) is -4.48. The normalized spacial score (nSPS) is 11.4. The Hall–Kier alpha value is -1.56. The molecule has 0 aliphatic heterocycles. The van der Waals surface area contributed by atoms with E-state index in [1.807, 2.05) is 0 Å². The quantitative estimate of drug-likeness (QED) is 0.750. The summed E-state index contributed by atoms with van der Waals surface area (Å²) < 4.78 is 52.0. The predicted molar refractivity (Wildman–Crippen MR) is 72.9 cm³/mol. The molecule has 0 radical (unpaired) electrons. The monoisotopic (exact) mass is 347 g/mol. The molecule has 0 saturated carbocycles. The van der Waals surface area contributed by atoms with E-state index in [0.717, 1.165) is 28.2 Å². The van der Waals surface area contributed by atoms with Crippen LogP contribution in [-0.4, -0.2) is 0 Å². The van der Waals surface area contributed by atoms with Crippen LogP contribution in [-0.2, 0) is 12.7 Å². The van der Waals surface area contributed by atoms with E-state index in [-0.39, 0.29) is 12.2 Å². The lowest BCUT2D eigenvalue weighted by molar-refractivity contribution is -0.137.